The molecule has 2 saturated heterocycles. The van der Waals surface area contributed by atoms with Gasteiger partial charge >= 0.3 is 102 Å². The number of carbonyl (C=O) groups excluding carboxylic acids is 4. The molecule has 3 aliphatic heterocycles. The SMILES string of the molecule is CC(O)CO.CCC[CH2][Sn](=[O])[CH2]CCC.O.O=C(OC(O)CO)c1ccccc1C(=O)OC1OCC(O)CO1.O=C1OC(=O)c2ccccc21.OC1COCOC1. The van der Waals surface area contributed by atoms with Crippen LogP contribution in [0, 0.1) is 0 Å². The van der Waals surface area contributed by atoms with Crippen LogP contribution in [0.25, 0.3) is 0 Å². The Hall–Kier alpha value is -3.32. The minimum atomic E-state index is -1.99. The molecular formula is C37H56O19Sn. The van der Waals surface area contributed by atoms with Gasteiger partial charge in [-0.1, -0.05) is 24.3 Å². The molecule has 0 aromatic heterocycles. The molecule has 0 aliphatic carbocycles. The van der Waals surface area contributed by atoms with Gasteiger partial charge in [0.05, 0.1) is 61.4 Å². The van der Waals surface area contributed by atoms with Crippen LogP contribution in [0.4, 0.5) is 0 Å². The first-order valence-electron chi connectivity index (χ1n) is 18.0. The van der Waals surface area contributed by atoms with E-state index >= 15 is 0 Å². The van der Waals surface area contributed by atoms with Crippen LogP contribution < -0.4 is 0 Å². The van der Waals surface area contributed by atoms with Crippen molar-refractivity contribution in [1.29, 1.82) is 0 Å². The van der Waals surface area contributed by atoms with E-state index in [-0.39, 0.29) is 36.4 Å². The number of carbonyl (C=O) groups is 4. The van der Waals surface area contributed by atoms with E-state index in [2.05, 4.69) is 23.3 Å². The van der Waals surface area contributed by atoms with Crippen LogP contribution in [0.1, 0.15) is 87.9 Å². The van der Waals surface area contributed by atoms with Gasteiger partial charge in [0, 0.05) is 0 Å². The fourth-order valence-corrected chi connectivity index (χ4v) is 9.12. The third-order valence-corrected chi connectivity index (χ3v) is 12.2. The maximum absolute atomic E-state index is 12.1. The van der Waals surface area contributed by atoms with Gasteiger partial charge in [-0.25, -0.2) is 19.2 Å². The molecule has 2 atom stereocenters. The maximum Gasteiger partial charge on any atom is 0.346 e. The van der Waals surface area contributed by atoms with Gasteiger partial charge in [-0.05, 0) is 31.2 Å². The number of esters is 4. The molecule has 0 spiro atoms. The summed E-state index contributed by atoms with van der Waals surface area (Å²) in [4.78, 5) is 45.7. The summed E-state index contributed by atoms with van der Waals surface area (Å²) in [6.45, 7) is 4.71. The molecule has 19 nitrogen and oxygen atoms in total. The molecule has 20 heteroatoms. The number of hydrogen-bond donors (Lipinski definition) is 6. The van der Waals surface area contributed by atoms with Crippen molar-refractivity contribution < 1.29 is 91.5 Å². The average Bonchev–Trinajstić information content (AvgIpc) is 3.50. The Morgan fingerprint density at radius 2 is 1.21 bits per heavy atom. The van der Waals surface area contributed by atoms with Crippen LogP contribution in [0.3, 0.4) is 0 Å². The van der Waals surface area contributed by atoms with E-state index in [0.717, 1.165) is 8.87 Å². The van der Waals surface area contributed by atoms with Gasteiger partial charge in [0.1, 0.15) is 25.6 Å². The molecule has 0 bridgehead atoms. The minimum Gasteiger partial charge on any atom is -0.430 e. The molecule has 2 aromatic rings. The van der Waals surface area contributed by atoms with Gasteiger partial charge in [-0.2, -0.15) is 0 Å². The van der Waals surface area contributed by atoms with E-state index in [0.29, 0.717) is 31.1 Å². The first kappa shape index (κ1) is 53.7. The monoisotopic (exact) mass is 924 g/mol. The molecule has 2 fully saturated rings. The summed E-state index contributed by atoms with van der Waals surface area (Å²) in [7, 11) is 0. The van der Waals surface area contributed by atoms with Gasteiger partial charge in [0.15, 0.2) is 0 Å². The van der Waals surface area contributed by atoms with Gasteiger partial charge in [0.2, 0.25) is 6.29 Å². The van der Waals surface area contributed by atoms with Crippen molar-refractivity contribution >= 4 is 43.6 Å². The first-order valence-corrected chi connectivity index (χ1v) is 23.2. The third-order valence-electron chi connectivity index (χ3n) is 7.04. The molecule has 8 N–H and O–H groups in total. The fraction of sp³-hybridized carbons (Fsp3) is 0.568. The molecule has 3 aliphatic rings. The Bertz CT molecular complexity index is 1420. The summed E-state index contributed by atoms with van der Waals surface area (Å²) in [5.41, 5.74) is 0.441. The van der Waals surface area contributed by atoms with Crippen LogP contribution in [0.15, 0.2) is 48.5 Å². The average molecular weight is 924 g/mol. The zero-order valence-electron chi connectivity index (χ0n) is 32.3. The van der Waals surface area contributed by atoms with Crippen molar-refractivity contribution in [3.63, 3.8) is 0 Å². The Balaban J connectivity index is 0.000000770. The second-order valence-electron chi connectivity index (χ2n) is 12.1. The quantitative estimate of drug-likeness (QED) is 0.0566. The topological polar surface area (TPSA) is 303 Å². The predicted molar refractivity (Wildman–Crippen MR) is 199 cm³/mol. The Kier molecular flexibility index (Phi) is 29.8. The fourth-order valence-electron chi connectivity index (χ4n) is 4.14. The van der Waals surface area contributed by atoms with Crippen LogP contribution in [-0.4, -0.2) is 157 Å². The van der Waals surface area contributed by atoms with Crippen molar-refractivity contribution in [3.8, 4) is 0 Å². The second-order valence-corrected chi connectivity index (χ2v) is 18.0. The number of rotatable bonds is 12. The molecule has 0 saturated carbocycles. The molecule has 5 rings (SSSR count). The van der Waals surface area contributed by atoms with Gasteiger partial charge in [0.25, 0.3) is 0 Å². The maximum atomic E-state index is 12.1. The van der Waals surface area contributed by atoms with Crippen LogP contribution in [-0.2, 0) is 36.2 Å². The van der Waals surface area contributed by atoms with E-state index in [1.54, 1.807) is 24.3 Å². The standard InChI is InChI=1S/C14H16O9.C8H4O3.C4H8O3.2C4H9.C3H8O2.H2O.O.Sn/c15-5-11(17)22-12(18)9-3-1-2-4-10(9)13(19)23-14-20-6-8(16)7-21-14;9-7-5-3-1-2-4-6(5)8(10)11-7;5-4-1-6-3-7-2-4;2*1-3-4-2;1-3(5)2-4;;;/h1-4,8,11,14-17H,5-7H2;1-4H;4-5H,1-3H2;2*1,3-4H2,2H3;3-5H,2H2,1H3;1H2;;. The molecule has 322 valence electrons. The van der Waals surface area contributed by atoms with E-state index < -0.39 is 81.3 Å². The second kappa shape index (κ2) is 31.6. The first-order chi connectivity index (χ1) is 26.8. The number of hydrogen-bond acceptors (Lipinski definition) is 18. The largest absolute Gasteiger partial charge is 0.430 e. The van der Waals surface area contributed by atoms with Crippen molar-refractivity contribution in [2.24, 2.45) is 0 Å². The molecule has 2 aromatic carbocycles. The van der Waals surface area contributed by atoms with Gasteiger partial charge in [-0.3, -0.25) is 0 Å². The van der Waals surface area contributed by atoms with Gasteiger partial charge in [-0.15, -0.1) is 0 Å². The number of aliphatic hydroxyl groups is 6. The summed E-state index contributed by atoms with van der Waals surface area (Å²) < 4.78 is 46.6. The van der Waals surface area contributed by atoms with Gasteiger partial charge < -0.3 is 69.3 Å². The van der Waals surface area contributed by atoms with E-state index in [1.807, 2.05) is 0 Å². The minimum absolute atomic E-state index is 0. The zero-order chi connectivity index (χ0) is 41.9. The van der Waals surface area contributed by atoms with Crippen LogP contribution in [0.5, 0.6) is 0 Å². The van der Waals surface area contributed by atoms with Crippen molar-refractivity contribution in [2.45, 2.75) is 86.4 Å². The van der Waals surface area contributed by atoms with E-state index in [4.69, 9.17) is 49.2 Å². The summed E-state index contributed by atoms with van der Waals surface area (Å²) in [6, 6.07) is 12.1. The Morgan fingerprint density at radius 3 is 1.61 bits per heavy atom. The zero-order valence-corrected chi connectivity index (χ0v) is 35.1. The summed E-state index contributed by atoms with van der Waals surface area (Å²) >= 11 is -1.99. The smallest absolute Gasteiger partial charge is 0.346 e. The number of benzene rings is 2. The summed E-state index contributed by atoms with van der Waals surface area (Å²) in [6.07, 6.45) is 1.34. The number of fused-ring (bicyclic) bond motifs is 1. The molecule has 57 heavy (non-hydrogen) atoms. The number of cyclic esters (lactones) is 2. The van der Waals surface area contributed by atoms with Crippen LogP contribution in [0.2, 0.25) is 8.87 Å². The molecule has 0 radical (unpaired) electrons. The Labute approximate surface area is 337 Å². The number of aliphatic hydroxyl groups excluding tert-OH is 6. The molecule has 0 amide bonds. The predicted octanol–water partition coefficient (Wildman–Crippen LogP) is 0.894. The van der Waals surface area contributed by atoms with E-state index in [1.165, 1.54) is 56.9 Å². The van der Waals surface area contributed by atoms with Crippen molar-refractivity contribution in [3.05, 3.63) is 70.8 Å². The summed E-state index contributed by atoms with van der Waals surface area (Å²) in [5, 5.41) is 51.7. The van der Waals surface area contributed by atoms with Crippen molar-refractivity contribution in [2.75, 3.05) is 46.4 Å². The molecular weight excluding hydrogens is 867 g/mol. The Morgan fingerprint density at radius 1 is 0.772 bits per heavy atom. The van der Waals surface area contributed by atoms with E-state index in [9.17, 15) is 27.4 Å². The van der Waals surface area contributed by atoms with Crippen LogP contribution >= 0.6 is 0 Å². The third kappa shape index (κ3) is 23.0. The normalized spacial score (nSPS) is 17.9. The van der Waals surface area contributed by atoms with Crippen molar-refractivity contribution in [1.82, 2.24) is 0 Å². The summed E-state index contributed by atoms with van der Waals surface area (Å²) in [5.74, 6) is -3.01. The molecule has 3 heterocycles. The number of ether oxygens (including phenoxy) is 7. The number of unbranched alkanes of at least 4 members (excludes halogenated alkanes) is 2. The molecule has 2 unspecified atom stereocenters.